The van der Waals surface area contributed by atoms with E-state index in [2.05, 4.69) is 15.4 Å². The van der Waals surface area contributed by atoms with Gasteiger partial charge >= 0.3 is 5.97 Å². The number of esters is 1. The molecule has 1 aromatic carbocycles. The second-order valence-electron chi connectivity index (χ2n) is 7.95. The van der Waals surface area contributed by atoms with E-state index in [1.54, 1.807) is 29.1 Å². The molecule has 12 nitrogen and oxygen atoms in total. The maximum Gasteiger partial charge on any atom is 0.342 e. The van der Waals surface area contributed by atoms with Crippen molar-refractivity contribution in [1.82, 2.24) is 14.8 Å². The van der Waals surface area contributed by atoms with Crippen molar-refractivity contribution in [1.29, 1.82) is 0 Å². The number of ether oxygens (including phenoxy) is 3. The first-order chi connectivity index (χ1) is 16.8. The molecule has 1 aliphatic heterocycles. The monoisotopic (exact) mass is 481 g/mol. The van der Waals surface area contributed by atoms with Crippen molar-refractivity contribution in [2.75, 3.05) is 25.1 Å². The lowest BCUT2D eigenvalue weighted by atomic mass is 10.1. The maximum atomic E-state index is 12.8. The van der Waals surface area contributed by atoms with E-state index < -0.39 is 23.4 Å². The molecule has 4 rings (SSSR count). The van der Waals surface area contributed by atoms with Crippen molar-refractivity contribution in [2.24, 2.45) is 0 Å². The number of nitrogens with zero attached hydrogens (tertiary/aromatic N) is 4. The highest BCUT2D eigenvalue weighted by Crippen LogP contribution is 2.39. The van der Waals surface area contributed by atoms with Gasteiger partial charge in [-0.25, -0.2) is 14.5 Å². The van der Waals surface area contributed by atoms with Gasteiger partial charge in [0, 0.05) is 18.7 Å². The van der Waals surface area contributed by atoms with Crippen LogP contribution in [-0.4, -0.2) is 51.4 Å². The summed E-state index contributed by atoms with van der Waals surface area (Å²) in [6.07, 6.45) is 3.59. The van der Waals surface area contributed by atoms with Gasteiger partial charge in [-0.1, -0.05) is 19.9 Å². The molecule has 0 saturated heterocycles. The van der Waals surface area contributed by atoms with Crippen LogP contribution in [0.4, 0.5) is 11.4 Å². The number of carbonyl (C=O) groups excluding carboxylic acids is 2. The fraction of sp³-hybridized carbons (Fsp3) is 0.304. The Morgan fingerprint density at radius 1 is 1.23 bits per heavy atom. The average Bonchev–Trinajstić information content (AvgIpc) is 3.17. The van der Waals surface area contributed by atoms with Gasteiger partial charge in [-0.05, 0) is 18.1 Å². The molecule has 0 unspecified atom stereocenters. The summed E-state index contributed by atoms with van der Waals surface area (Å²) in [6.45, 7) is 3.87. The van der Waals surface area contributed by atoms with Crippen LogP contribution in [0.5, 0.6) is 11.5 Å². The minimum Gasteiger partial charge on any atom is -0.489 e. The molecule has 35 heavy (non-hydrogen) atoms. The number of aromatic nitrogens is 3. The minimum atomic E-state index is -0.751. The first-order valence-corrected chi connectivity index (χ1v) is 10.9. The van der Waals surface area contributed by atoms with Gasteiger partial charge in [0.05, 0.1) is 36.1 Å². The maximum absolute atomic E-state index is 12.8. The van der Waals surface area contributed by atoms with Gasteiger partial charge in [-0.2, -0.15) is 5.10 Å². The summed E-state index contributed by atoms with van der Waals surface area (Å²) in [5, 5.41) is 18.2. The number of hydrogen-bond acceptors (Lipinski definition) is 9. The van der Waals surface area contributed by atoms with Crippen molar-refractivity contribution >= 4 is 23.3 Å². The smallest absolute Gasteiger partial charge is 0.342 e. The van der Waals surface area contributed by atoms with Crippen LogP contribution in [-0.2, 0) is 9.53 Å². The minimum absolute atomic E-state index is 0.0915. The molecule has 182 valence electrons. The summed E-state index contributed by atoms with van der Waals surface area (Å²) in [5.74, 6) is -0.554. The molecule has 1 aliphatic rings. The number of fused-ring (bicyclic) bond motifs is 1. The predicted octanol–water partition coefficient (Wildman–Crippen LogP) is 3.26. The van der Waals surface area contributed by atoms with Crippen molar-refractivity contribution in [3.05, 3.63) is 64.1 Å². The van der Waals surface area contributed by atoms with Gasteiger partial charge in [-0.15, -0.1) is 0 Å². The highest BCUT2D eigenvalue weighted by atomic mass is 16.6. The highest BCUT2D eigenvalue weighted by Gasteiger charge is 2.25. The summed E-state index contributed by atoms with van der Waals surface area (Å²) in [5.41, 5.74) is 0.312. The Morgan fingerprint density at radius 2 is 1.97 bits per heavy atom. The number of nitro benzene ring substituents is 1. The van der Waals surface area contributed by atoms with Gasteiger partial charge in [-0.3, -0.25) is 14.9 Å². The number of nitro groups is 1. The zero-order chi connectivity index (χ0) is 24.9. The van der Waals surface area contributed by atoms with E-state index in [1.165, 1.54) is 18.3 Å². The molecule has 3 aromatic rings. The molecule has 0 radical (unpaired) electrons. The third-order valence-corrected chi connectivity index (χ3v) is 5.11. The van der Waals surface area contributed by atoms with E-state index in [-0.39, 0.29) is 34.4 Å². The van der Waals surface area contributed by atoms with E-state index in [0.717, 1.165) is 0 Å². The van der Waals surface area contributed by atoms with E-state index >= 15 is 0 Å². The van der Waals surface area contributed by atoms with E-state index in [9.17, 15) is 19.7 Å². The van der Waals surface area contributed by atoms with Gasteiger partial charge in [0.2, 0.25) is 0 Å². The molecule has 0 fully saturated rings. The number of nitrogens with one attached hydrogen (secondary N) is 1. The summed E-state index contributed by atoms with van der Waals surface area (Å²) in [6, 6.07) is 7.85. The van der Waals surface area contributed by atoms with E-state index in [1.807, 2.05) is 13.8 Å². The third kappa shape index (κ3) is 5.21. The first kappa shape index (κ1) is 23.7. The van der Waals surface area contributed by atoms with Crippen LogP contribution < -0.4 is 14.8 Å². The molecule has 1 N–H and O–H groups in total. The quantitative estimate of drug-likeness (QED) is 0.305. The Kier molecular flexibility index (Phi) is 6.90. The summed E-state index contributed by atoms with van der Waals surface area (Å²) in [4.78, 5) is 40.4. The lowest BCUT2D eigenvalue weighted by molar-refractivity contribution is -0.384. The molecule has 0 spiro atoms. The van der Waals surface area contributed by atoms with Gasteiger partial charge in [0.15, 0.2) is 23.9 Å². The van der Waals surface area contributed by atoms with Crippen molar-refractivity contribution in [3.8, 4) is 17.3 Å². The zero-order valence-corrected chi connectivity index (χ0v) is 19.1. The van der Waals surface area contributed by atoms with E-state index in [0.29, 0.717) is 31.1 Å². The first-order valence-electron chi connectivity index (χ1n) is 10.9. The second-order valence-corrected chi connectivity index (χ2v) is 7.95. The Labute approximate surface area is 200 Å². The van der Waals surface area contributed by atoms with Crippen molar-refractivity contribution in [3.63, 3.8) is 0 Å². The van der Waals surface area contributed by atoms with Crippen LogP contribution in [0.2, 0.25) is 0 Å². The molecule has 1 amide bonds. The topological polar surface area (TPSA) is 148 Å². The fourth-order valence-corrected chi connectivity index (χ4v) is 3.58. The summed E-state index contributed by atoms with van der Waals surface area (Å²) >= 11 is 0. The predicted molar refractivity (Wildman–Crippen MR) is 123 cm³/mol. The molecular weight excluding hydrogens is 458 g/mol. The van der Waals surface area contributed by atoms with Crippen LogP contribution >= 0.6 is 0 Å². The van der Waals surface area contributed by atoms with Gasteiger partial charge in [0.1, 0.15) is 11.3 Å². The number of hydrogen-bond donors (Lipinski definition) is 1. The Hall–Kier alpha value is -4.48. The normalized spacial score (nSPS) is 12.7. The van der Waals surface area contributed by atoms with Crippen LogP contribution in [0.15, 0.2) is 42.7 Å². The number of pyridine rings is 1. The molecule has 0 atom stereocenters. The lowest BCUT2D eigenvalue weighted by Gasteiger charge is -2.13. The molecule has 0 aliphatic carbocycles. The average molecular weight is 481 g/mol. The molecule has 12 heteroatoms. The van der Waals surface area contributed by atoms with Gasteiger partial charge in [0.25, 0.3) is 11.6 Å². The van der Waals surface area contributed by atoms with E-state index in [4.69, 9.17) is 14.2 Å². The number of anilines is 1. The number of benzene rings is 1. The van der Waals surface area contributed by atoms with Crippen LogP contribution in [0.3, 0.4) is 0 Å². The lowest BCUT2D eigenvalue weighted by Crippen LogP contribution is -2.22. The fourth-order valence-electron chi connectivity index (χ4n) is 3.58. The Bertz CT molecular complexity index is 1260. The number of amides is 1. The van der Waals surface area contributed by atoms with Crippen molar-refractivity contribution < 1.29 is 28.7 Å². The van der Waals surface area contributed by atoms with Gasteiger partial charge < -0.3 is 19.5 Å². The standard InChI is InChI=1S/C23H23N5O7/c1-14(2)22-15(12-25-27(22)20-6-3-4-7-24-20)23(30)35-13-21(29)26-16-10-18-19(11-17(16)28(31)32)34-9-5-8-33-18/h3-4,6-7,10-12,14H,5,8-9,13H2,1-2H3,(H,26,29). The zero-order valence-electron chi connectivity index (χ0n) is 19.1. The largest absolute Gasteiger partial charge is 0.489 e. The van der Waals surface area contributed by atoms with Crippen molar-refractivity contribution in [2.45, 2.75) is 26.2 Å². The van der Waals surface area contributed by atoms with Crippen LogP contribution in [0.1, 0.15) is 42.2 Å². The number of rotatable bonds is 7. The molecule has 2 aromatic heterocycles. The molecule has 3 heterocycles. The Morgan fingerprint density at radius 3 is 2.63 bits per heavy atom. The summed E-state index contributed by atoms with van der Waals surface area (Å²) in [7, 11) is 0. The highest BCUT2D eigenvalue weighted by molar-refractivity contribution is 5.97. The SMILES string of the molecule is CC(C)c1c(C(=O)OCC(=O)Nc2cc3c(cc2[N+](=O)[O-])OCCCO3)cnn1-c1ccccn1. The molecule has 0 saturated carbocycles. The molecular formula is C23H23N5O7. The number of carbonyl (C=O) groups is 2. The second kappa shape index (κ2) is 10.2. The Balaban J connectivity index is 1.48. The van der Waals surface area contributed by atoms with Crippen LogP contribution in [0, 0.1) is 10.1 Å². The summed E-state index contributed by atoms with van der Waals surface area (Å²) < 4.78 is 17.7. The van der Waals surface area contributed by atoms with Crippen LogP contribution in [0.25, 0.3) is 5.82 Å². The third-order valence-electron chi connectivity index (χ3n) is 5.11. The molecule has 0 bridgehead atoms.